The first-order chi connectivity index (χ1) is 10.7. The van der Waals surface area contributed by atoms with Crippen molar-refractivity contribution in [2.75, 3.05) is 18.9 Å². The lowest BCUT2D eigenvalue weighted by molar-refractivity contribution is -0.0248. The van der Waals surface area contributed by atoms with Crippen molar-refractivity contribution in [1.29, 1.82) is 0 Å². The van der Waals surface area contributed by atoms with Gasteiger partial charge in [0.15, 0.2) is 0 Å². The van der Waals surface area contributed by atoms with E-state index in [2.05, 4.69) is 11.9 Å². The average molecular weight is 311 g/mol. The van der Waals surface area contributed by atoms with Gasteiger partial charge in [-0.25, -0.2) is 4.79 Å². The Morgan fingerprint density at radius 1 is 1.50 bits per heavy atom. The molecule has 1 aliphatic rings. The van der Waals surface area contributed by atoms with Gasteiger partial charge in [-0.3, -0.25) is 4.57 Å². The molecule has 0 aromatic carbocycles. The molecule has 0 amide bonds. The molecular weight excluding hydrogens is 286 g/mol. The highest BCUT2D eigenvalue weighted by atomic mass is 16.5. The van der Waals surface area contributed by atoms with Crippen LogP contribution in [0.3, 0.4) is 0 Å². The quantitative estimate of drug-likeness (QED) is 0.700. The van der Waals surface area contributed by atoms with Crippen LogP contribution < -0.4 is 11.4 Å². The number of aliphatic hydroxyl groups excluding tert-OH is 1. The van der Waals surface area contributed by atoms with E-state index in [1.807, 2.05) is 0 Å². The van der Waals surface area contributed by atoms with E-state index in [0.717, 1.165) is 25.7 Å². The van der Waals surface area contributed by atoms with Crippen molar-refractivity contribution in [3.8, 4) is 0 Å². The Labute approximate surface area is 130 Å². The number of nitrogens with zero attached hydrogens (tertiary/aromatic N) is 2. The van der Waals surface area contributed by atoms with Gasteiger partial charge >= 0.3 is 5.69 Å². The number of anilines is 1. The predicted molar refractivity (Wildman–Crippen MR) is 82.3 cm³/mol. The van der Waals surface area contributed by atoms with Gasteiger partial charge in [-0.1, -0.05) is 19.8 Å². The molecule has 2 atom stereocenters. The van der Waals surface area contributed by atoms with E-state index in [9.17, 15) is 4.79 Å². The van der Waals surface area contributed by atoms with Crippen LogP contribution in [0, 0.1) is 0 Å². The second-order valence-corrected chi connectivity index (χ2v) is 5.57. The monoisotopic (exact) mass is 311 g/mol. The molecule has 0 aliphatic carbocycles. The van der Waals surface area contributed by atoms with Gasteiger partial charge in [-0.05, 0) is 19.3 Å². The molecule has 0 bridgehead atoms. The first kappa shape index (κ1) is 16.9. The van der Waals surface area contributed by atoms with Crippen molar-refractivity contribution in [2.45, 2.75) is 58.0 Å². The molecule has 1 fully saturated rings. The first-order valence-corrected chi connectivity index (χ1v) is 7.87. The summed E-state index contributed by atoms with van der Waals surface area (Å²) >= 11 is 0. The van der Waals surface area contributed by atoms with E-state index in [1.54, 1.807) is 6.20 Å². The second kappa shape index (κ2) is 8.26. The van der Waals surface area contributed by atoms with Gasteiger partial charge in [0.2, 0.25) is 0 Å². The number of aromatic nitrogens is 2. The molecule has 7 heteroatoms. The van der Waals surface area contributed by atoms with Crippen LogP contribution in [-0.4, -0.2) is 34.0 Å². The molecule has 22 heavy (non-hydrogen) atoms. The molecule has 2 heterocycles. The third-order valence-corrected chi connectivity index (χ3v) is 3.81. The summed E-state index contributed by atoms with van der Waals surface area (Å²) in [7, 11) is 0. The average Bonchev–Trinajstić information content (AvgIpc) is 2.97. The van der Waals surface area contributed by atoms with Crippen LogP contribution in [-0.2, 0) is 16.1 Å². The van der Waals surface area contributed by atoms with Crippen molar-refractivity contribution in [3.63, 3.8) is 0 Å². The zero-order chi connectivity index (χ0) is 15.9. The molecule has 3 N–H and O–H groups in total. The summed E-state index contributed by atoms with van der Waals surface area (Å²) in [4.78, 5) is 15.8. The highest BCUT2D eigenvalue weighted by molar-refractivity contribution is 5.36. The third kappa shape index (κ3) is 4.28. The largest absolute Gasteiger partial charge is 0.394 e. The van der Waals surface area contributed by atoms with Gasteiger partial charge in [0.1, 0.15) is 12.0 Å². The third-order valence-electron chi connectivity index (χ3n) is 3.81. The molecule has 0 radical (unpaired) electrons. The van der Waals surface area contributed by atoms with Crippen molar-refractivity contribution >= 4 is 5.82 Å². The SMILES string of the molecule is CCCCCOCc1cn([C@H]2CC[C@@H](CO)O2)c(=O)nc1N. The van der Waals surface area contributed by atoms with Crippen LogP contribution in [0.2, 0.25) is 0 Å². The van der Waals surface area contributed by atoms with Crippen molar-refractivity contribution in [1.82, 2.24) is 9.55 Å². The van der Waals surface area contributed by atoms with Crippen LogP contribution >= 0.6 is 0 Å². The fraction of sp³-hybridized carbons (Fsp3) is 0.733. The number of nitrogens with two attached hydrogens (primary N) is 1. The minimum absolute atomic E-state index is 0.0406. The summed E-state index contributed by atoms with van der Waals surface area (Å²) in [6.07, 6.45) is 5.73. The van der Waals surface area contributed by atoms with Crippen LogP contribution in [0.4, 0.5) is 5.82 Å². The molecule has 7 nitrogen and oxygen atoms in total. The van der Waals surface area contributed by atoms with Crippen molar-refractivity contribution < 1.29 is 14.6 Å². The zero-order valence-electron chi connectivity index (χ0n) is 13.0. The highest BCUT2D eigenvalue weighted by Crippen LogP contribution is 2.27. The highest BCUT2D eigenvalue weighted by Gasteiger charge is 2.27. The maximum atomic E-state index is 12.0. The van der Waals surface area contributed by atoms with Gasteiger partial charge in [0.25, 0.3) is 0 Å². The minimum atomic E-state index is -0.434. The van der Waals surface area contributed by atoms with Crippen LogP contribution in [0.25, 0.3) is 0 Å². The van der Waals surface area contributed by atoms with Crippen LogP contribution in [0.1, 0.15) is 50.8 Å². The summed E-state index contributed by atoms with van der Waals surface area (Å²) in [6, 6.07) is 0. The Bertz CT molecular complexity index is 532. The maximum absolute atomic E-state index is 12.0. The number of aliphatic hydroxyl groups is 1. The molecule has 1 aliphatic heterocycles. The van der Waals surface area contributed by atoms with E-state index >= 15 is 0 Å². The van der Waals surface area contributed by atoms with Crippen molar-refractivity contribution in [2.24, 2.45) is 0 Å². The maximum Gasteiger partial charge on any atom is 0.351 e. The summed E-state index contributed by atoms with van der Waals surface area (Å²) in [5.41, 5.74) is 6.05. The Balaban J connectivity index is 2.02. The summed E-state index contributed by atoms with van der Waals surface area (Å²) in [6.45, 7) is 3.10. The predicted octanol–water partition coefficient (Wildman–Crippen LogP) is 1.20. The normalized spacial score (nSPS) is 21.4. The molecule has 1 aromatic rings. The van der Waals surface area contributed by atoms with E-state index in [-0.39, 0.29) is 18.5 Å². The van der Waals surface area contributed by atoms with Gasteiger partial charge in [-0.2, -0.15) is 4.98 Å². The summed E-state index contributed by atoms with van der Waals surface area (Å²) in [5.74, 6) is 0.202. The minimum Gasteiger partial charge on any atom is -0.394 e. The first-order valence-electron chi connectivity index (χ1n) is 7.87. The molecular formula is C15H25N3O4. The van der Waals surface area contributed by atoms with Gasteiger partial charge in [0.05, 0.1) is 19.3 Å². The Morgan fingerprint density at radius 2 is 2.32 bits per heavy atom. The number of hydrogen-bond acceptors (Lipinski definition) is 6. The van der Waals surface area contributed by atoms with E-state index in [4.69, 9.17) is 20.3 Å². The molecule has 2 rings (SSSR count). The van der Waals surface area contributed by atoms with Crippen LogP contribution in [0.15, 0.2) is 11.0 Å². The Kier molecular flexibility index (Phi) is 6.35. The number of nitrogen functional groups attached to an aromatic ring is 1. The molecule has 0 unspecified atom stereocenters. The molecule has 1 saturated heterocycles. The fourth-order valence-corrected chi connectivity index (χ4v) is 2.50. The lowest BCUT2D eigenvalue weighted by atomic mass is 10.2. The number of ether oxygens (including phenoxy) is 2. The van der Waals surface area contributed by atoms with Gasteiger partial charge in [0, 0.05) is 18.4 Å². The Hall–Kier alpha value is -1.44. The van der Waals surface area contributed by atoms with E-state index in [1.165, 1.54) is 4.57 Å². The summed E-state index contributed by atoms with van der Waals surface area (Å²) in [5, 5.41) is 9.12. The van der Waals surface area contributed by atoms with Gasteiger partial charge in [-0.15, -0.1) is 0 Å². The number of rotatable bonds is 8. The van der Waals surface area contributed by atoms with Gasteiger partial charge < -0.3 is 20.3 Å². The smallest absolute Gasteiger partial charge is 0.351 e. The van der Waals surface area contributed by atoms with Crippen molar-refractivity contribution in [3.05, 3.63) is 22.2 Å². The lowest BCUT2D eigenvalue weighted by Gasteiger charge is -2.16. The zero-order valence-corrected chi connectivity index (χ0v) is 13.0. The van der Waals surface area contributed by atoms with Crippen LogP contribution in [0.5, 0.6) is 0 Å². The molecule has 124 valence electrons. The van der Waals surface area contributed by atoms with E-state index < -0.39 is 11.9 Å². The molecule has 0 spiro atoms. The van der Waals surface area contributed by atoms with E-state index in [0.29, 0.717) is 25.2 Å². The molecule has 1 aromatic heterocycles. The lowest BCUT2D eigenvalue weighted by Crippen LogP contribution is -2.29. The second-order valence-electron chi connectivity index (χ2n) is 5.57. The fourth-order valence-electron chi connectivity index (χ4n) is 2.50. The standard InChI is InChI=1S/C15H25N3O4/c1-2-3-4-7-21-10-11-8-18(15(20)17-14(11)16)13-6-5-12(9-19)22-13/h8,12-13,19H,2-7,9-10H2,1H3,(H2,16,17,20)/t12-,13+/m0/s1. The number of unbranched alkanes of at least 4 members (excludes halogenated alkanes) is 2. The summed E-state index contributed by atoms with van der Waals surface area (Å²) < 4.78 is 12.6. The topological polar surface area (TPSA) is 99.6 Å². The number of hydrogen-bond donors (Lipinski definition) is 2. The molecule has 0 saturated carbocycles. The Morgan fingerprint density at radius 3 is 3.00 bits per heavy atom.